The van der Waals surface area contributed by atoms with E-state index < -0.39 is 0 Å². The van der Waals surface area contributed by atoms with Crippen molar-refractivity contribution >= 4 is 18.5 Å². The molecule has 0 rings (SSSR count). The lowest BCUT2D eigenvalue weighted by atomic mass is 10.3. The monoisotopic (exact) mass is 122 g/mol. The zero-order valence-corrected chi connectivity index (χ0v) is 6.62. The standard InChI is InChI=1S/C4H12P2/c1-3(2)4(5)6/h3-4H,5-6H2,1-2H3. The summed E-state index contributed by atoms with van der Waals surface area (Å²) in [7, 11) is 5.47. The van der Waals surface area contributed by atoms with E-state index >= 15 is 0 Å². The SMILES string of the molecule is CC(C)C(P)P. The van der Waals surface area contributed by atoms with Crippen LogP contribution in [0.25, 0.3) is 0 Å². The molecule has 0 amide bonds. The molecule has 0 aromatic heterocycles. The third-order valence-corrected chi connectivity index (χ3v) is 2.31. The Labute approximate surface area is 44.5 Å². The van der Waals surface area contributed by atoms with Crippen molar-refractivity contribution in [1.82, 2.24) is 0 Å². The normalized spacial score (nSPS) is 11.0. The zero-order valence-electron chi connectivity index (χ0n) is 4.31. The second kappa shape index (κ2) is 2.94. The highest BCUT2D eigenvalue weighted by molar-refractivity contribution is 7.37. The molecule has 0 aromatic rings. The molecular formula is C4H12P2. The smallest absolute Gasteiger partial charge is 0.00951 e. The van der Waals surface area contributed by atoms with Gasteiger partial charge in [0, 0.05) is 0 Å². The van der Waals surface area contributed by atoms with Crippen LogP contribution in [0.4, 0.5) is 0 Å². The van der Waals surface area contributed by atoms with Gasteiger partial charge in [-0.2, -0.15) is 0 Å². The van der Waals surface area contributed by atoms with Crippen LogP contribution in [-0.2, 0) is 0 Å². The van der Waals surface area contributed by atoms with Crippen molar-refractivity contribution in [1.29, 1.82) is 0 Å². The maximum atomic E-state index is 2.74. The molecule has 0 saturated carbocycles. The topological polar surface area (TPSA) is 0 Å². The van der Waals surface area contributed by atoms with Gasteiger partial charge in [0.05, 0.1) is 0 Å². The molecule has 0 heterocycles. The Morgan fingerprint density at radius 2 is 1.33 bits per heavy atom. The molecule has 0 bridgehead atoms. The van der Waals surface area contributed by atoms with Gasteiger partial charge in [0.15, 0.2) is 0 Å². The van der Waals surface area contributed by atoms with E-state index in [2.05, 4.69) is 32.3 Å². The summed E-state index contributed by atoms with van der Waals surface area (Å²) in [5.74, 6) is 0.778. The van der Waals surface area contributed by atoms with Crippen molar-refractivity contribution in [3.8, 4) is 0 Å². The van der Waals surface area contributed by atoms with Crippen LogP contribution in [0.3, 0.4) is 0 Å². The minimum Gasteiger partial charge on any atom is -0.130 e. The fourth-order valence-corrected chi connectivity index (χ4v) is 0. The van der Waals surface area contributed by atoms with Crippen molar-refractivity contribution < 1.29 is 0 Å². The van der Waals surface area contributed by atoms with E-state index in [1.807, 2.05) is 0 Å². The fraction of sp³-hybridized carbons (Fsp3) is 1.00. The molecule has 0 aromatic carbocycles. The van der Waals surface area contributed by atoms with Gasteiger partial charge in [-0.25, -0.2) is 0 Å². The third-order valence-electron chi connectivity index (χ3n) is 0.770. The minimum absolute atomic E-state index is 0.685. The molecular weight excluding hydrogens is 110 g/mol. The van der Waals surface area contributed by atoms with Gasteiger partial charge in [-0.05, 0) is 11.3 Å². The van der Waals surface area contributed by atoms with Gasteiger partial charge in [-0.15, -0.1) is 18.5 Å². The van der Waals surface area contributed by atoms with E-state index in [9.17, 15) is 0 Å². The molecule has 38 valence electrons. The predicted molar refractivity (Wildman–Crippen MR) is 38.0 cm³/mol. The molecule has 6 heavy (non-hydrogen) atoms. The molecule has 0 N–H and O–H groups in total. The molecule has 0 nitrogen and oxygen atoms in total. The Morgan fingerprint density at radius 1 is 1.17 bits per heavy atom. The van der Waals surface area contributed by atoms with E-state index in [1.54, 1.807) is 0 Å². The van der Waals surface area contributed by atoms with Crippen molar-refractivity contribution in [3.63, 3.8) is 0 Å². The van der Waals surface area contributed by atoms with Crippen molar-refractivity contribution in [2.75, 3.05) is 0 Å². The van der Waals surface area contributed by atoms with Crippen molar-refractivity contribution in [2.45, 2.75) is 19.2 Å². The summed E-state index contributed by atoms with van der Waals surface area (Å²) in [6.45, 7) is 4.40. The molecule has 0 aliphatic heterocycles. The van der Waals surface area contributed by atoms with Gasteiger partial charge in [0.2, 0.25) is 0 Å². The lowest BCUT2D eigenvalue weighted by molar-refractivity contribution is 0.720. The highest BCUT2D eigenvalue weighted by Crippen LogP contribution is 2.17. The zero-order chi connectivity index (χ0) is 5.15. The summed E-state index contributed by atoms with van der Waals surface area (Å²) in [6, 6.07) is 0. The highest BCUT2D eigenvalue weighted by atomic mass is 31.1. The molecule has 0 saturated heterocycles. The first-order chi connectivity index (χ1) is 2.64. The Morgan fingerprint density at radius 3 is 1.33 bits per heavy atom. The first-order valence-corrected chi connectivity index (χ1v) is 3.49. The van der Waals surface area contributed by atoms with Crippen LogP contribution in [0.1, 0.15) is 13.8 Å². The van der Waals surface area contributed by atoms with Crippen LogP contribution in [0, 0.1) is 5.92 Å². The molecule has 0 fully saturated rings. The number of hydrogen-bond donors (Lipinski definition) is 0. The van der Waals surface area contributed by atoms with E-state index in [1.165, 1.54) is 0 Å². The second-order valence-electron chi connectivity index (χ2n) is 1.82. The van der Waals surface area contributed by atoms with Gasteiger partial charge in [-0.1, -0.05) is 13.8 Å². The van der Waals surface area contributed by atoms with Crippen LogP contribution in [0.2, 0.25) is 0 Å². The molecule has 0 radical (unpaired) electrons. The summed E-state index contributed by atoms with van der Waals surface area (Å²) < 4.78 is 0. The van der Waals surface area contributed by atoms with Crippen molar-refractivity contribution in [2.24, 2.45) is 5.92 Å². The van der Waals surface area contributed by atoms with E-state index in [0.717, 1.165) is 5.92 Å². The predicted octanol–water partition coefficient (Wildman–Crippen LogP) is 1.72. The maximum Gasteiger partial charge on any atom is -0.00951 e. The van der Waals surface area contributed by atoms with E-state index in [4.69, 9.17) is 0 Å². The highest BCUT2D eigenvalue weighted by Gasteiger charge is 1.96. The summed E-state index contributed by atoms with van der Waals surface area (Å²) in [5, 5.41) is 0.685. The van der Waals surface area contributed by atoms with Gasteiger partial charge < -0.3 is 0 Å². The third kappa shape index (κ3) is 3.07. The number of hydrogen-bond acceptors (Lipinski definition) is 0. The minimum atomic E-state index is 0.685. The van der Waals surface area contributed by atoms with Crippen LogP contribution in [0.15, 0.2) is 0 Å². The van der Waals surface area contributed by atoms with Crippen LogP contribution < -0.4 is 0 Å². The average Bonchev–Trinajstić information content (AvgIpc) is 1.36. The van der Waals surface area contributed by atoms with Gasteiger partial charge in [-0.3, -0.25) is 0 Å². The largest absolute Gasteiger partial charge is 0.130 e. The van der Waals surface area contributed by atoms with E-state index in [-0.39, 0.29) is 0 Å². The van der Waals surface area contributed by atoms with Gasteiger partial charge in [0.1, 0.15) is 0 Å². The average molecular weight is 122 g/mol. The maximum absolute atomic E-state index is 2.74. The Hall–Kier alpha value is 0.860. The molecule has 0 aliphatic rings. The quantitative estimate of drug-likeness (QED) is 0.464. The van der Waals surface area contributed by atoms with Crippen LogP contribution >= 0.6 is 18.5 Å². The second-order valence-corrected chi connectivity index (χ2v) is 4.13. The Bertz CT molecular complexity index is 26.5. The lowest BCUT2D eigenvalue weighted by Gasteiger charge is -2.05. The Balaban J connectivity index is 2.99. The summed E-state index contributed by atoms with van der Waals surface area (Å²) in [5.41, 5.74) is 0. The van der Waals surface area contributed by atoms with Crippen LogP contribution in [0.5, 0.6) is 0 Å². The number of rotatable bonds is 1. The first-order valence-electron chi connectivity index (χ1n) is 2.15. The molecule has 0 aliphatic carbocycles. The summed E-state index contributed by atoms with van der Waals surface area (Å²) in [6.07, 6.45) is 0. The first kappa shape index (κ1) is 6.86. The molecule has 0 spiro atoms. The molecule has 2 unspecified atom stereocenters. The fourth-order valence-electron chi connectivity index (χ4n) is 0. The van der Waals surface area contributed by atoms with Crippen molar-refractivity contribution in [3.05, 3.63) is 0 Å². The van der Waals surface area contributed by atoms with Gasteiger partial charge >= 0.3 is 0 Å². The van der Waals surface area contributed by atoms with Crippen LogP contribution in [-0.4, -0.2) is 5.40 Å². The summed E-state index contributed by atoms with van der Waals surface area (Å²) >= 11 is 0. The van der Waals surface area contributed by atoms with Gasteiger partial charge in [0.25, 0.3) is 0 Å². The molecule has 2 heteroatoms. The summed E-state index contributed by atoms with van der Waals surface area (Å²) in [4.78, 5) is 0. The molecule has 2 atom stereocenters. The lowest BCUT2D eigenvalue weighted by Crippen LogP contribution is -1.94. The Kier molecular flexibility index (Phi) is 3.36. The van der Waals surface area contributed by atoms with E-state index in [0.29, 0.717) is 5.40 Å².